The minimum absolute atomic E-state index is 0.0511. The first-order valence-corrected chi connectivity index (χ1v) is 10.1. The Balaban J connectivity index is 1.14. The topological polar surface area (TPSA) is 99.1 Å². The van der Waals surface area contributed by atoms with E-state index in [0.29, 0.717) is 11.3 Å². The summed E-state index contributed by atoms with van der Waals surface area (Å²) in [4.78, 5) is 22.5. The van der Waals surface area contributed by atoms with Crippen LogP contribution in [0.15, 0.2) is 59.1 Å². The third-order valence-electron chi connectivity index (χ3n) is 5.37. The van der Waals surface area contributed by atoms with Crippen molar-refractivity contribution >= 4 is 28.8 Å². The van der Waals surface area contributed by atoms with Crippen LogP contribution in [0.4, 0.5) is 21.0 Å². The quantitative estimate of drug-likeness (QED) is 0.461. The molecular weight excluding hydrogens is 399 g/mol. The van der Waals surface area contributed by atoms with Gasteiger partial charge in [-0.2, -0.15) is 0 Å². The summed E-state index contributed by atoms with van der Waals surface area (Å²) in [5.41, 5.74) is 2.52. The SMILES string of the molecule is O=C(Nc1cc(-c2cccc(F)c2)on1)NC1CCN(c2nc3ccccc3[nH]2)CC1. The van der Waals surface area contributed by atoms with Crippen LogP contribution in [0.5, 0.6) is 0 Å². The van der Waals surface area contributed by atoms with Gasteiger partial charge in [0.25, 0.3) is 0 Å². The summed E-state index contributed by atoms with van der Waals surface area (Å²) in [7, 11) is 0. The number of aromatic nitrogens is 3. The lowest BCUT2D eigenvalue weighted by Crippen LogP contribution is -2.46. The third kappa shape index (κ3) is 4.20. The van der Waals surface area contributed by atoms with Gasteiger partial charge in [-0.1, -0.05) is 29.4 Å². The highest BCUT2D eigenvalue weighted by Gasteiger charge is 2.23. The van der Waals surface area contributed by atoms with Gasteiger partial charge in [-0.25, -0.2) is 14.2 Å². The van der Waals surface area contributed by atoms with Crippen LogP contribution in [-0.4, -0.2) is 40.3 Å². The molecule has 0 atom stereocenters. The number of amides is 2. The van der Waals surface area contributed by atoms with Crippen LogP contribution in [-0.2, 0) is 0 Å². The van der Waals surface area contributed by atoms with E-state index in [1.54, 1.807) is 18.2 Å². The maximum absolute atomic E-state index is 13.4. The zero-order valence-electron chi connectivity index (χ0n) is 16.6. The van der Waals surface area contributed by atoms with Gasteiger partial charge in [0.05, 0.1) is 11.0 Å². The van der Waals surface area contributed by atoms with E-state index in [-0.39, 0.29) is 23.7 Å². The van der Waals surface area contributed by atoms with Crippen molar-refractivity contribution in [1.82, 2.24) is 20.4 Å². The number of urea groups is 1. The van der Waals surface area contributed by atoms with Crippen LogP contribution < -0.4 is 15.5 Å². The number of aromatic amines is 1. The van der Waals surface area contributed by atoms with Crippen molar-refractivity contribution in [2.45, 2.75) is 18.9 Å². The fourth-order valence-corrected chi connectivity index (χ4v) is 3.77. The van der Waals surface area contributed by atoms with Crippen molar-refractivity contribution in [3.63, 3.8) is 0 Å². The van der Waals surface area contributed by atoms with Crippen LogP contribution in [0.3, 0.4) is 0 Å². The van der Waals surface area contributed by atoms with E-state index in [9.17, 15) is 9.18 Å². The van der Waals surface area contributed by atoms with Crippen LogP contribution >= 0.6 is 0 Å². The predicted octanol–water partition coefficient (Wildman–Crippen LogP) is 4.15. The molecule has 31 heavy (non-hydrogen) atoms. The first kappa shape index (κ1) is 19.1. The minimum Gasteiger partial charge on any atom is -0.354 e. The van der Waals surface area contributed by atoms with Crippen molar-refractivity contribution in [1.29, 1.82) is 0 Å². The summed E-state index contributed by atoms with van der Waals surface area (Å²) in [6.45, 7) is 1.58. The number of H-pyrrole nitrogens is 1. The summed E-state index contributed by atoms with van der Waals surface area (Å²) in [5.74, 6) is 1.15. The number of fused-ring (bicyclic) bond motifs is 1. The van der Waals surface area contributed by atoms with E-state index >= 15 is 0 Å². The highest BCUT2D eigenvalue weighted by Crippen LogP contribution is 2.23. The molecule has 0 saturated carbocycles. The smallest absolute Gasteiger partial charge is 0.320 e. The normalized spacial score (nSPS) is 14.7. The summed E-state index contributed by atoms with van der Waals surface area (Å²) in [6, 6.07) is 15.2. The van der Waals surface area contributed by atoms with Crippen molar-refractivity contribution in [2.24, 2.45) is 0 Å². The molecule has 9 heteroatoms. The Hall–Kier alpha value is -3.88. The zero-order valence-corrected chi connectivity index (χ0v) is 16.6. The summed E-state index contributed by atoms with van der Waals surface area (Å²) in [5, 5.41) is 9.49. The average molecular weight is 420 g/mol. The second-order valence-electron chi connectivity index (χ2n) is 7.52. The highest BCUT2D eigenvalue weighted by atomic mass is 19.1. The summed E-state index contributed by atoms with van der Waals surface area (Å²) < 4.78 is 18.6. The van der Waals surface area contributed by atoms with Gasteiger partial charge in [0.2, 0.25) is 5.95 Å². The fourth-order valence-electron chi connectivity index (χ4n) is 3.77. The Labute approximate surface area is 177 Å². The van der Waals surface area contributed by atoms with E-state index in [2.05, 4.69) is 30.7 Å². The number of piperidine rings is 1. The molecule has 8 nitrogen and oxygen atoms in total. The number of anilines is 2. The lowest BCUT2D eigenvalue weighted by Gasteiger charge is -2.32. The second-order valence-corrected chi connectivity index (χ2v) is 7.52. The summed E-state index contributed by atoms with van der Waals surface area (Å²) in [6.07, 6.45) is 1.61. The lowest BCUT2D eigenvalue weighted by atomic mass is 10.1. The Kier molecular flexibility index (Phi) is 4.99. The third-order valence-corrected chi connectivity index (χ3v) is 5.37. The summed E-state index contributed by atoms with van der Waals surface area (Å²) >= 11 is 0. The maximum Gasteiger partial charge on any atom is 0.320 e. The molecule has 0 aliphatic carbocycles. The number of benzene rings is 2. The van der Waals surface area contributed by atoms with Crippen LogP contribution in [0.1, 0.15) is 12.8 Å². The van der Waals surface area contributed by atoms with E-state index in [4.69, 9.17) is 4.52 Å². The van der Waals surface area contributed by atoms with Gasteiger partial charge in [-0.05, 0) is 37.1 Å². The molecule has 3 heterocycles. The second kappa shape index (κ2) is 8.10. The molecule has 2 aromatic heterocycles. The van der Waals surface area contributed by atoms with Gasteiger partial charge in [0.1, 0.15) is 5.82 Å². The first-order chi connectivity index (χ1) is 15.1. The molecule has 1 aliphatic rings. The molecular formula is C22H21FN6O2. The molecule has 1 fully saturated rings. The van der Waals surface area contributed by atoms with E-state index < -0.39 is 0 Å². The Morgan fingerprint density at radius 3 is 2.77 bits per heavy atom. The average Bonchev–Trinajstić information content (AvgIpc) is 3.41. The van der Waals surface area contributed by atoms with Gasteiger partial charge in [0, 0.05) is 30.8 Å². The van der Waals surface area contributed by atoms with Gasteiger partial charge < -0.3 is 19.7 Å². The van der Waals surface area contributed by atoms with Gasteiger partial charge in [0.15, 0.2) is 11.6 Å². The minimum atomic E-state index is -0.366. The number of halogens is 1. The number of nitrogens with zero attached hydrogens (tertiary/aromatic N) is 3. The van der Waals surface area contributed by atoms with Crippen LogP contribution in [0.25, 0.3) is 22.4 Å². The molecule has 1 saturated heterocycles. The molecule has 4 aromatic rings. The molecule has 2 aromatic carbocycles. The van der Waals surface area contributed by atoms with Crippen molar-refractivity contribution < 1.29 is 13.7 Å². The van der Waals surface area contributed by atoms with Crippen LogP contribution in [0, 0.1) is 5.82 Å². The Bertz CT molecular complexity index is 1180. The molecule has 0 unspecified atom stereocenters. The number of carbonyl (C=O) groups is 1. The number of nitrogens with one attached hydrogen (secondary N) is 3. The first-order valence-electron chi connectivity index (χ1n) is 10.1. The zero-order chi connectivity index (χ0) is 21.2. The lowest BCUT2D eigenvalue weighted by molar-refractivity contribution is 0.245. The molecule has 3 N–H and O–H groups in total. The number of para-hydroxylation sites is 2. The molecule has 5 rings (SSSR count). The highest BCUT2D eigenvalue weighted by molar-refractivity contribution is 5.89. The van der Waals surface area contributed by atoms with E-state index in [1.165, 1.54) is 12.1 Å². The van der Waals surface area contributed by atoms with Crippen molar-refractivity contribution in [2.75, 3.05) is 23.3 Å². The van der Waals surface area contributed by atoms with Gasteiger partial charge in [-0.15, -0.1) is 0 Å². The van der Waals surface area contributed by atoms with E-state index in [0.717, 1.165) is 42.9 Å². The Morgan fingerprint density at radius 1 is 1.13 bits per heavy atom. The molecule has 158 valence electrons. The monoisotopic (exact) mass is 420 g/mol. The predicted molar refractivity (Wildman–Crippen MR) is 115 cm³/mol. The largest absolute Gasteiger partial charge is 0.354 e. The standard InChI is InChI=1S/C22H21FN6O2/c23-15-5-3-4-14(12-15)19-13-20(28-31-19)27-22(30)24-16-8-10-29(11-9-16)21-25-17-6-1-2-7-18(17)26-21/h1-7,12-13,16H,8-11H2,(H,25,26)(H2,24,27,28,30). The number of imidazole rings is 1. The van der Waals surface area contributed by atoms with E-state index in [1.807, 2.05) is 24.3 Å². The number of hydrogen-bond donors (Lipinski definition) is 3. The molecule has 0 radical (unpaired) electrons. The van der Waals surface area contributed by atoms with Gasteiger partial charge >= 0.3 is 6.03 Å². The van der Waals surface area contributed by atoms with Gasteiger partial charge in [-0.3, -0.25) is 5.32 Å². The molecule has 0 spiro atoms. The van der Waals surface area contributed by atoms with Crippen molar-refractivity contribution in [3.8, 4) is 11.3 Å². The van der Waals surface area contributed by atoms with Crippen LogP contribution in [0.2, 0.25) is 0 Å². The Morgan fingerprint density at radius 2 is 1.97 bits per heavy atom. The van der Waals surface area contributed by atoms with Crippen molar-refractivity contribution in [3.05, 3.63) is 60.4 Å². The number of carbonyl (C=O) groups excluding carboxylic acids is 1. The number of hydrogen-bond acceptors (Lipinski definition) is 5. The maximum atomic E-state index is 13.4. The molecule has 1 aliphatic heterocycles. The molecule has 0 bridgehead atoms. The fraction of sp³-hybridized carbons (Fsp3) is 0.227. The number of rotatable bonds is 4. The molecule has 2 amide bonds.